The summed E-state index contributed by atoms with van der Waals surface area (Å²) in [5, 5.41) is 36.8. The summed E-state index contributed by atoms with van der Waals surface area (Å²) in [6, 6.07) is 15.3. The number of nitrogens with two attached hydrogens (primary N) is 4. The number of carbonyl (C=O) groups excluding carboxylic acids is 9. The van der Waals surface area contributed by atoms with E-state index in [9.17, 15) is 53.4 Å². The van der Waals surface area contributed by atoms with E-state index in [1.165, 1.54) is 36.4 Å². The van der Waals surface area contributed by atoms with E-state index in [2.05, 4.69) is 31.9 Å². The Bertz CT molecular complexity index is 2760. The molecule has 424 valence electrons. The van der Waals surface area contributed by atoms with Crippen LogP contribution in [0.3, 0.4) is 0 Å². The van der Waals surface area contributed by atoms with Crippen LogP contribution in [0.4, 0.5) is 0 Å². The molecule has 0 saturated carbocycles. The molecule has 21 nitrogen and oxygen atoms in total. The molecule has 4 aromatic carbocycles. The maximum absolute atomic E-state index is 14.8. The van der Waals surface area contributed by atoms with Crippen LogP contribution < -0.4 is 54.8 Å². The largest absolute Gasteiger partial charge is 0.508 e. The lowest BCUT2D eigenvalue weighted by Crippen LogP contribution is -2.61. The van der Waals surface area contributed by atoms with E-state index in [1.54, 1.807) is 74.5 Å². The average molecular weight is 1150 g/mol. The molecule has 0 aromatic heterocycles. The van der Waals surface area contributed by atoms with E-state index >= 15 is 0 Å². The van der Waals surface area contributed by atoms with Gasteiger partial charge in [0.2, 0.25) is 47.3 Å². The first-order valence-electron chi connectivity index (χ1n) is 25.6. The van der Waals surface area contributed by atoms with Gasteiger partial charge in [-0.05, 0) is 115 Å². The Morgan fingerprint density at radius 1 is 0.671 bits per heavy atom. The normalized spacial score (nSPS) is 20.8. The lowest BCUT2D eigenvalue weighted by atomic mass is 9.90. The summed E-state index contributed by atoms with van der Waals surface area (Å²) in [6.45, 7) is 3.57. The van der Waals surface area contributed by atoms with Gasteiger partial charge in [0, 0.05) is 47.3 Å². The number of hydrogen-bond acceptors (Lipinski definition) is 15. The first-order chi connectivity index (χ1) is 37.6. The minimum Gasteiger partial charge on any atom is -0.508 e. The van der Waals surface area contributed by atoms with Crippen LogP contribution in [0.25, 0.3) is 0 Å². The molecule has 24 heteroatoms. The van der Waals surface area contributed by atoms with Crippen molar-refractivity contribution in [1.82, 2.24) is 31.9 Å². The van der Waals surface area contributed by atoms with Crippen LogP contribution in [-0.2, 0) is 64.0 Å². The number of amides is 8. The second-order valence-corrected chi connectivity index (χ2v) is 22.6. The molecule has 8 amide bonds. The third-order valence-corrected chi connectivity index (χ3v) is 15.7. The molecule has 1 saturated heterocycles. The van der Waals surface area contributed by atoms with Gasteiger partial charge in [0.25, 0.3) is 0 Å². The zero-order chi connectivity index (χ0) is 57.8. The lowest BCUT2D eigenvalue weighted by molar-refractivity contribution is -0.136. The number of benzene rings is 4. The molecule has 8 atom stereocenters. The van der Waals surface area contributed by atoms with Crippen molar-refractivity contribution < 1.29 is 53.4 Å². The summed E-state index contributed by atoms with van der Waals surface area (Å²) in [5.41, 5.74) is 25.9. The molecule has 1 aliphatic rings. The van der Waals surface area contributed by atoms with E-state index in [4.69, 9.17) is 34.5 Å². The quantitative estimate of drug-likeness (QED) is 0.0469. The molecule has 4 aromatic rings. The molecular weight excluding hydrogens is 1080 g/mol. The molecule has 0 aliphatic carbocycles. The van der Waals surface area contributed by atoms with Crippen molar-refractivity contribution in [3.63, 3.8) is 0 Å². The smallest absolute Gasteiger partial charge is 0.248 e. The number of rotatable bonds is 19. The van der Waals surface area contributed by atoms with Crippen LogP contribution in [0, 0.1) is 11.8 Å². The predicted octanol–water partition coefficient (Wildman–Crippen LogP) is 1.60. The van der Waals surface area contributed by atoms with Gasteiger partial charge in [0.05, 0.1) is 12.1 Å². The number of Topliss-reactive ketones (excluding diaryl/α,β-unsaturated/α-hetero) is 1. The van der Waals surface area contributed by atoms with Crippen LogP contribution in [-0.4, -0.2) is 124 Å². The van der Waals surface area contributed by atoms with Gasteiger partial charge < -0.3 is 65.0 Å². The van der Waals surface area contributed by atoms with Crippen molar-refractivity contribution in [2.24, 2.45) is 34.8 Å². The monoisotopic (exact) mass is 1140 g/mol. The Morgan fingerprint density at radius 3 is 1.81 bits per heavy atom. The summed E-state index contributed by atoms with van der Waals surface area (Å²) < 4.78 is 0. The lowest BCUT2D eigenvalue weighted by Gasteiger charge is -2.29. The maximum atomic E-state index is 14.8. The van der Waals surface area contributed by atoms with E-state index in [1.807, 2.05) is 0 Å². The molecule has 0 spiro atoms. The summed E-state index contributed by atoms with van der Waals surface area (Å²) >= 11 is 6.08. The zero-order valence-corrected chi connectivity index (χ0v) is 46.2. The van der Waals surface area contributed by atoms with Crippen molar-refractivity contribution in [1.29, 1.82) is 0 Å². The summed E-state index contributed by atoms with van der Waals surface area (Å²) in [5.74, 6) is -9.18. The minimum absolute atomic E-state index is 0.0293. The highest BCUT2D eigenvalue weighted by atomic mass is 35.5. The number of phenols is 2. The Labute approximate surface area is 471 Å². The van der Waals surface area contributed by atoms with Crippen molar-refractivity contribution in [2.45, 2.75) is 108 Å². The fourth-order valence-corrected chi connectivity index (χ4v) is 10.9. The van der Waals surface area contributed by atoms with Gasteiger partial charge in [-0.3, -0.25) is 43.2 Å². The molecule has 1 fully saturated rings. The first-order valence-corrected chi connectivity index (χ1v) is 28.5. The SMILES string of the molecule is CC(C)[C@@H]1NC(=O)[C@H](CCCCN)NC(=O)[C@@H](Cc2ccc(C(N)=O)cc2)NC(=O)[C@H](Cc2ccc(O)cc2)CC(=O)[C@H](NC(=O)[C@@H](N)Cc2ccc(Cl)cc2)CSSC[C@@H](C(=O)NC(Cc2ccc(O)cc2)C(N)=O)NC1=O. The fraction of sp³-hybridized carbons (Fsp3) is 0.400. The van der Waals surface area contributed by atoms with Crippen LogP contribution in [0.2, 0.25) is 5.02 Å². The van der Waals surface area contributed by atoms with Gasteiger partial charge in [-0.15, -0.1) is 0 Å². The Balaban J connectivity index is 1.57. The Kier molecular flexibility index (Phi) is 24.5. The van der Waals surface area contributed by atoms with Crippen molar-refractivity contribution in [3.8, 4) is 11.5 Å². The van der Waals surface area contributed by atoms with Gasteiger partial charge in [0.15, 0.2) is 5.78 Å². The number of hydrogen-bond donors (Lipinski definition) is 12. The van der Waals surface area contributed by atoms with Crippen LogP contribution in [0.15, 0.2) is 97.1 Å². The second kappa shape index (κ2) is 30.8. The van der Waals surface area contributed by atoms with Gasteiger partial charge in [0.1, 0.15) is 41.7 Å². The van der Waals surface area contributed by atoms with E-state index in [0.29, 0.717) is 40.1 Å². The molecule has 1 heterocycles. The molecule has 79 heavy (non-hydrogen) atoms. The number of ketones is 1. The Morgan fingerprint density at radius 2 is 1.22 bits per heavy atom. The van der Waals surface area contributed by atoms with Crippen molar-refractivity contribution in [2.75, 3.05) is 18.1 Å². The van der Waals surface area contributed by atoms with Crippen molar-refractivity contribution in [3.05, 3.63) is 130 Å². The van der Waals surface area contributed by atoms with Crippen LogP contribution >= 0.6 is 33.2 Å². The second-order valence-electron chi connectivity index (χ2n) is 19.6. The zero-order valence-electron chi connectivity index (χ0n) is 43.8. The summed E-state index contributed by atoms with van der Waals surface area (Å²) in [6.07, 6.45) is 0.0476. The van der Waals surface area contributed by atoms with Gasteiger partial charge in [-0.25, -0.2) is 0 Å². The highest BCUT2D eigenvalue weighted by Gasteiger charge is 2.36. The Hall–Kier alpha value is -7.18. The summed E-state index contributed by atoms with van der Waals surface area (Å²) in [4.78, 5) is 126. The fourth-order valence-electron chi connectivity index (χ4n) is 8.42. The third kappa shape index (κ3) is 20.2. The number of carbonyl (C=O) groups is 9. The number of nitrogens with one attached hydrogen (secondary N) is 6. The molecule has 5 rings (SSSR count). The summed E-state index contributed by atoms with van der Waals surface area (Å²) in [7, 11) is 2.08. The van der Waals surface area contributed by atoms with Gasteiger partial charge >= 0.3 is 0 Å². The number of unbranched alkanes of at least 4 members (excludes halogenated alkanes) is 1. The van der Waals surface area contributed by atoms with E-state index in [-0.39, 0.29) is 67.2 Å². The highest BCUT2D eigenvalue weighted by molar-refractivity contribution is 8.76. The van der Waals surface area contributed by atoms with Crippen LogP contribution in [0.5, 0.6) is 11.5 Å². The molecule has 1 unspecified atom stereocenters. The highest BCUT2D eigenvalue weighted by Crippen LogP contribution is 2.26. The van der Waals surface area contributed by atoms with Gasteiger partial charge in [-0.1, -0.05) is 95.6 Å². The molecular formula is C55H69ClN10O11S2. The maximum Gasteiger partial charge on any atom is 0.248 e. The number of aromatic hydroxyl groups is 2. The molecule has 0 radical (unpaired) electrons. The predicted molar refractivity (Wildman–Crippen MR) is 302 cm³/mol. The average Bonchev–Trinajstić information content (AvgIpc) is 3.41. The van der Waals surface area contributed by atoms with E-state index in [0.717, 1.165) is 21.6 Å². The first kappa shape index (κ1) is 62.7. The van der Waals surface area contributed by atoms with E-state index < -0.39 is 114 Å². The third-order valence-electron chi connectivity index (χ3n) is 13.0. The van der Waals surface area contributed by atoms with Crippen molar-refractivity contribution >= 4 is 86.2 Å². The molecule has 0 bridgehead atoms. The molecule has 1 aliphatic heterocycles. The van der Waals surface area contributed by atoms with Gasteiger partial charge in [-0.2, -0.15) is 0 Å². The standard InChI is InChI=1S/C55H69ClN10O11S2/c1-30(2)47-55(77)65-45(54(76)62-42(49(60)71)25-34-12-20-39(68)21-13-34)29-79-78-28-44(64-51(73)40(58)24-32-8-16-37(56)17-9-32)46(69)27-36(23-31-10-18-38(67)19-11-31)50(72)63-43(26-33-6-14-35(15-7-33)48(59)70)53(75)61-41(52(74)66-47)5-3-4-22-57/h6-21,30,36,40-45,47,67-68H,3-5,22-29,57-58H2,1-2H3,(H2,59,70)(H2,60,71)(H,61,75)(H,62,76)(H,63,72)(H,64,73)(H,65,77)(H,66,74)/t36-,40+,41+,42?,43-,44-,45+,47+/m1/s1. The number of primary amides is 2. The van der Waals surface area contributed by atoms with Crippen LogP contribution in [0.1, 0.15) is 72.1 Å². The number of halogens is 1. The molecule has 16 N–H and O–H groups in total. The minimum atomic E-state index is -1.42. The topological polar surface area (TPSA) is 370 Å². The number of phenolic OH excluding ortho intramolecular Hbond substituents is 2.